The van der Waals surface area contributed by atoms with E-state index in [0.717, 1.165) is 23.2 Å². The van der Waals surface area contributed by atoms with Gasteiger partial charge in [-0.3, -0.25) is 0 Å². The van der Waals surface area contributed by atoms with Crippen molar-refractivity contribution in [2.45, 2.75) is 19.4 Å². The number of allylic oxidation sites excluding steroid dienone is 2. The van der Waals surface area contributed by atoms with Gasteiger partial charge in [-0.1, -0.05) is 55.5 Å². The largest absolute Gasteiger partial charge is 0.398 e. The predicted molar refractivity (Wildman–Crippen MR) is 136 cm³/mol. The molecule has 4 aromatic rings. The zero-order valence-corrected chi connectivity index (χ0v) is 18.5. The van der Waals surface area contributed by atoms with E-state index in [1.165, 1.54) is 36.9 Å². The molecule has 0 radical (unpaired) electrons. The first kappa shape index (κ1) is 20.0. The van der Waals surface area contributed by atoms with Gasteiger partial charge in [0.05, 0.1) is 0 Å². The van der Waals surface area contributed by atoms with E-state index in [1.54, 1.807) is 0 Å². The standard InChI is InChI=1S/C27H27N3S/c1-16-9-10-18(24(30)15-28)14-21(16)22-13-17(11-12-23(22)29)19-6-4-8-26-27(19)20-5-2-3-7-25(20)31-26/h2-8,10-14,16,24H,9,15,28-30H2,1H3. The molecule has 0 amide bonds. The Morgan fingerprint density at radius 1 is 1.00 bits per heavy atom. The number of nitrogen functional groups attached to an aromatic ring is 1. The summed E-state index contributed by atoms with van der Waals surface area (Å²) in [6.07, 6.45) is 5.36. The number of nitrogens with two attached hydrogens (primary N) is 3. The highest BCUT2D eigenvalue weighted by Gasteiger charge is 2.20. The van der Waals surface area contributed by atoms with E-state index in [-0.39, 0.29) is 6.04 Å². The van der Waals surface area contributed by atoms with Crippen LogP contribution in [0.15, 0.2) is 78.4 Å². The molecule has 0 fully saturated rings. The van der Waals surface area contributed by atoms with Gasteiger partial charge in [-0.25, -0.2) is 0 Å². The first-order chi connectivity index (χ1) is 15.1. The van der Waals surface area contributed by atoms with E-state index in [9.17, 15) is 0 Å². The lowest BCUT2D eigenvalue weighted by atomic mass is 9.82. The maximum Gasteiger partial charge on any atom is 0.0416 e. The first-order valence-corrected chi connectivity index (χ1v) is 11.6. The quantitative estimate of drug-likeness (QED) is 0.354. The molecule has 0 bridgehead atoms. The van der Waals surface area contributed by atoms with E-state index >= 15 is 0 Å². The van der Waals surface area contributed by atoms with Gasteiger partial charge in [0.2, 0.25) is 0 Å². The minimum absolute atomic E-state index is 0.141. The molecule has 2 unspecified atom stereocenters. The highest BCUT2D eigenvalue weighted by atomic mass is 32.1. The van der Waals surface area contributed by atoms with E-state index in [4.69, 9.17) is 17.2 Å². The lowest BCUT2D eigenvalue weighted by molar-refractivity contribution is 0.722. The van der Waals surface area contributed by atoms with Crippen LogP contribution in [0.4, 0.5) is 5.69 Å². The van der Waals surface area contributed by atoms with Gasteiger partial charge >= 0.3 is 0 Å². The van der Waals surface area contributed by atoms with Crippen molar-refractivity contribution in [1.82, 2.24) is 0 Å². The summed E-state index contributed by atoms with van der Waals surface area (Å²) in [4.78, 5) is 0. The van der Waals surface area contributed by atoms with Gasteiger partial charge in [-0.2, -0.15) is 0 Å². The summed E-state index contributed by atoms with van der Waals surface area (Å²) in [6.45, 7) is 2.68. The molecule has 0 aliphatic heterocycles. The SMILES string of the molecule is CC1CC=C(C(N)CN)C=C1c1cc(-c2cccc3sc4ccccc4c23)ccc1N. The molecule has 0 saturated carbocycles. The Balaban J connectivity index is 1.68. The summed E-state index contributed by atoms with van der Waals surface area (Å²) >= 11 is 1.84. The summed E-state index contributed by atoms with van der Waals surface area (Å²) in [5.41, 5.74) is 25.2. The van der Waals surface area contributed by atoms with Crippen molar-refractivity contribution in [3.8, 4) is 11.1 Å². The van der Waals surface area contributed by atoms with Crippen LogP contribution < -0.4 is 17.2 Å². The topological polar surface area (TPSA) is 78.1 Å². The third-order valence-electron chi connectivity index (χ3n) is 6.32. The van der Waals surface area contributed by atoms with Crippen LogP contribution >= 0.6 is 11.3 Å². The summed E-state index contributed by atoms with van der Waals surface area (Å²) in [5, 5.41) is 2.62. The molecule has 1 aromatic heterocycles. The van der Waals surface area contributed by atoms with Crippen molar-refractivity contribution >= 4 is 42.8 Å². The van der Waals surface area contributed by atoms with Gasteiger partial charge in [0, 0.05) is 44.0 Å². The highest BCUT2D eigenvalue weighted by molar-refractivity contribution is 7.25. The van der Waals surface area contributed by atoms with Crippen LogP contribution in [0.25, 0.3) is 36.9 Å². The third-order valence-corrected chi connectivity index (χ3v) is 7.46. The molecule has 4 heteroatoms. The Bertz CT molecular complexity index is 1350. The van der Waals surface area contributed by atoms with Gasteiger partial charge in [0.1, 0.15) is 0 Å². The van der Waals surface area contributed by atoms with Gasteiger partial charge in [0.25, 0.3) is 0 Å². The molecule has 156 valence electrons. The Morgan fingerprint density at radius 3 is 2.65 bits per heavy atom. The second-order valence-electron chi connectivity index (χ2n) is 8.36. The van der Waals surface area contributed by atoms with Crippen molar-refractivity contribution in [3.63, 3.8) is 0 Å². The van der Waals surface area contributed by atoms with Crippen LogP contribution in [-0.4, -0.2) is 12.6 Å². The van der Waals surface area contributed by atoms with Crippen LogP contribution in [0, 0.1) is 5.92 Å². The Kier molecular flexibility index (Phi) is 5.14. The fourth-order valence-electron chi connectivity index (χ4n) is 4.55. The van der Waals surface area contributed by atoms with Crippen molar-refractivity contribution in [1.29, 1.82) is 0 Å². The molecule has 3 nitrogen and oxygen atoms in total. The number of anilines is 1. The number of benzene rings is 3. The number of rotatable bonds is 4. The average Bonchev–Trinajstić information content (AvgIpc) is 3.18. The van der Waals surface area contributed by atoms with Gasteiger partial charge in [-0.15, -0.1) is 11.3 Å². The van der Waals surface area contributed by atoms with Crippen LogP contribution in [0.3, 0.4) is 0 Å². The number of hydrogen-bond acceptors (Lipinski definition) is 4. The third kappa shape index (κ3) is 3.47. The molecule has 1 aliphatic rings. The Morgan fingerprint density at radius 2 is 1.81 bits per heavy atom. The number of hydrogen-bond donors (Lipinski definition) is 3. The Labute approximate surface area is 186 Å². The minimum atomic E-state index is -0.141. The molecule has 0 spiro atoms. The first-order valence-electron chi connectivity index (χ1n) is 10.7. The normalized spacial score (nSPS) is 17.6. The van der Waals surface area contributed by atoms with Gasteiger partial charge in [0.15, 0.2) is 0 Å². The molecule has 5 rings (SSSR count). The second kappa shape index (κ2) is 7.97. The fraction of sp³-hybridized carbons (Fsp3) is 0.185. The molecule has 2 atom stereocenters. The smallest absolute Gasteiger partial charge is 0.0416 e. The van der Waals surface area contributed by atoms with Crippen molar-refractivity contribution in [3.05, 3.63) is 84.0 Å². The number of thiophene rings is 1. The van der Waals surface area contributed by atoms with E-state index < -0.39 is 0 Å². The molecular weight excluding hydrogens is 398 g/mol. The van der Waals surface area contributed by atoms with Gasteiger partial charge in [-0.05, 0) is 58.9 Å². The van der Waals surface area contributed by atoms with Crippen LogP contribution in [0.2, 0.25) is 0 Å². The van der Waals surface area contributed by atoms with Gasteiger partial charge < -0.3 is 17.2 Å². The molecule has 1 heterocycles. The predicted octanol–water partition coefficient (Wildman–Crippen LogP) is 5.94. The molecule has 3 aromatic carbocycles. The zero-order valence-electron chi connectivity index (χ0n) is 17.6. The van der Waals surface area contributed by atoms with Crippen LogP contribution in [0.5, 0.6) is 0 Å². The minimum Gasteiger partial charge on any atom is -0.398 e. The average molecular weight is 426 g/mol. The van der Waals surface area contributed by atoms with Crippen molar-refractivity contribution in [2.24, 2.45) is 17.4 Å². The maximum atomic E-state index is 6.48. The maximum absolute atomic E-state index is 6.48. The van der Waals surface area contributed by atoms with E-state index in [2.05, 4.69) is 73.7 Å². The van der Waals surface area contributed by atoms with E-state index in [1.807, 2.05) is 17.4 Å². The lowest BCUT2D eigenvalue weighted by Crippen LogP contribution is -2.32. The molecule has 1 aliphatic carbocycles. The van der Waals surface area contributed by atoms with Crippen LogP contribution in [-0.2, 0) is 0 Å². The fourth-order valence-corrected chi connectivity index (χ4v) is 5.68. The van der Waals surface area contributed by atoms with Crippen molar-refractivity contribution < 1.29 is 0 Å². The molecule has 0 saturated heterocycles. The monoisotopic (exact) mass is 425 g/mol. The molecule has 31 heavy (non-hydrogen) atoms. The van der Waals surface area contributed by atoms with Crippen molar-refractivity contribution in [2.75, 3.05) is 12.3 Å². The number of fused-ring (bicyclic) bond motifs is 3. The Hall–Kier alpha value is -2.92. The summed E-state index contributed by atoms with van der Waals surface area (Å²) in [5.74, 6) is 0.379. The highest BCUT2D eigenvalue weighted by Crippen LogP contribution is 2.42. The zero-order chi connectivity index (χ0) is 21.5. The van der Waals surface area contributed by atoms with Crippen LogP contribution in [0.1, 0.15) is 18.9 Å². The summed E-state index contributed by atoms with van der Waals surface area (Å²) in [6, 6.07) is 21.5. The summed E-state index contributed by atoms with van der Waals surface area (Å²) in [7, 11) is 0. The molecule has 6 N–H and O–H groups in total. The second-order valence-corrected chi connectivity index (χ2v) is 9.45. The molecular formula is C27H27N3S. The lowest BCUT2D eigenvalue weighted by Gasteiger charge is -2.24. The summed E-state index contributed by atoms with van der Waals surface area (Å²) < 4.78 is 2.62. The van der Waals surface area contributed by atoms with E-state index in [0.29, 0.717) is 12.5 Å².